The monoisotopic (exact) mass is 477 g/mol. The van der Waals surface area contributed by atoms with E-state index in [1.807, 2.05) is 24.3 Å². The van der Waals surface area contributed by atoms with Gasteiger partial charge in [0.2, 0.25) is 10.0 Å². The fourth-order valence-corrected chi connectivity index (χ4v) is 6.88. The molecule has 0 N–H and O–H groups in total. The molecule has 1 aromatic heterocycles. The van der Waals surface area contributed by atoms with Crippen molar-refractivity contribution in [2.24, 2.45) is 0 Å². The quantitative estimate of drug-likeness (QED) is 0.517. The second-order valence-corrected chi connectivity index (χ2v) is 11.1. The Morgan fingerprint density at radius 2 is 1.78 bits per heavy atom. The predicted molar refractivity (Wildman–Crippen MR) is 122 cm³/mol. The summed E-state index contributed by atoms with van der Waals surface area (Å²) in [5.41, 5.74) is 0.706. The molecule has 170 valence electrons. The molecule has 0 saturated carbocycles. The lowest BCUT2D eigenvalue weighted by Crippen LogP contribution is -2.55. The van der Waals surface area contributed by atoms with Crippen molar-refractivity contribution in [2.45, 2.75) is 24.9 Å². The van der Waals surface area contributed by atoms with Crippen molar-refractivity contribution < 1.29 is 22.3 Å². The van der Waals surface area contributed by atoms with E-state index in [1.165, 1.54) is 29.7 Å². The van der Waals surface area contributed by atoms with Crippen molar-refractivity contribution in [2.75, 3.05) is 32.5 Å². The molecular formula is C22H24FN3O4S2. The van der Waals surface area contributed by atoms with Gasteiger partial charge in [-0.2, -0.15) is 4.31 Å². The Hall–Kier alpha value is -2.27. The molecule has 2 unspecified atom stereocenters. The Balaban J connectivity index is 1.12. The van der Waals surface area contributed by atoms with E-state index < -0.39 is 10.0 Å². The first kappa shape index (κ1) is 21.6. The van der Waals surface area contributed by atoms with E-state index in [4.69, 9.17) is 9.47 Å². The Morgan fingerprint density at radius 1 is 1.09 bits per heavy atom. The minimum Gasteiger partial charge on any atom is -0.492 e. The smallest absolute Gasteiger partial charge is 0.279 e. The van der Waals surface area contributed by atoms with Crippen LogP contribution in [-0.2, 0) is 10.0 Å². The van der Waals surface area contributed by atoms with Crippen LogP contribution < -0.4 is 9.47 Å². The van der Waals surface area contributed by atoms with Crippen molar-refractivity contribution in [3.05, 3.63) is 48.3 Å². The van der Waals surface area contributed by atoms with Gasteiger partial charge in [0, 0.05) is 31.7 Å². The maximum atomic E-state index is 13.3. The van der Waals surface area contributed by atoms with Crippen LogP contribution >= 0.6 is 11.3 Å². The lowest BCUT2D eigenvalue weighted by Gasteiger charge is -2.39. The van der Waals surface area contributed by atoms with E-state index in [-0.39, 0.29) is 17.9 Å². The molecule has 32 heavy (non-hydrogen) atoms. The maximum absolute atomic E-state index is 13.3. The van der Waals surface area contributed by atoms with E-state index in [1.54, 1.807) is 10.4 Å². The highest BCUT2D eigenvalue weighted by molar-refractivity contribution is 7.88. The molecule has 2 aliphatic heterocycles. The third kappa shape index (κ3) is 4.59. The van der Waals surface area contributed by atoms with Crippen molar-refractivity contribution in [1.82, 2.24) is 14.2 Å². The molecule has 0 aliphatic carbocycles. The number of hydrogen-bond acceptors (Lipinski definition) is 7. The van der Waals surface area contributed by atoms with E-state index in [0.717, 1.165) is 42.9 Å². The summed E-state index contributed by atoms with van der Waals surface area (Å²) in [5.74, 6) is 1.07. The number of thiazole rings is 1. The van der Waals surface area contributed by atoms with Gasteiger partial charge in [0.15, 0.2) is 0 Å². The molecule has 2 bridgehead atoms. The number of likely N-dealkylation sites (tertiary alicyclic amines) is 1. The number of piperazine rings is 1. The van der Waals surface area contributed by atoms with Crippen LogP contribution in [0.15, 0.2) is 42.5 Å². The van der Waals surface area contributed by atoms with Crippen LogP contribution in [0, 0.1) is 5.82 Å². The van der Waals surface area contributed by atoms with Crippen LogP contribution in [0.2, 0.25) is 0 Å². The Bertz CT molecular complexity index is 1200. The molecule has 2 fully saturated rings. The number of aromatic nitrogens is 1. The molecule has 10 heteroatoms. The summed E-state index contributed by atoms with van der Waals surface area (Å²) in [5, 5.41) is 0.460. The zero-order chi connectivity index (χ0) is 22.3. The summed E-state index contributed by atoms with van der Waals surface area (Å²) in [6, 6.07) is 11.9. The molecule has 3 aromatic rings. The molecule has 2 aromatic carbocycles. The molecule has 7 nitrogen and oxygen atoms in total. The van der Waals surface area contributed by atoms with Gasteiger partial charge in [-0.15, -0.1) is 0 Å². The number of hydrogen-bond donors (Lipinski definition) is 0. The second kappa shape index (κ2) is 8.58. The van der Waals surface area contributed by atoms with Crippen LogP contribution in [0.4, 0.5) is 4.39 Å². The third-order valence-electron chi connectivity index (χ3n) is 5.91. The summed E-state index contributed by atoms with van der Waals surface area (Å²) in [6.45, 7) is 2.80. The fraction of sp³-hybridized carbons (Fsp3) is 0.409. The van der Waals surface area contributed by atoms with Crippen LogP contribution in [0.1, 0.15) is 12.8 Å². The van der Waals surface area contributed by atoms with Gasteiger partial charge >= 0.3 is 0 Å². The average molecular weight is 478 g/mol. The Labute approximate surface area is 190 Å². The van der Waals surface area contributed by atoms with E-state index in [2.05, 4.69) is 9.88 Å². The molecule has 0 spiro atoms. The zero-order valence-electron chi connectivity index (χ0n) is 17.6. The fourth-order valence-electron chi connectivity index (χ4n) is 4.59. The van der Waals surface area contributed by atoms with E-state index in [0.29, 0.717) is 23.1 Å². The molecule has 2 aliphatic rings. The number of sulfonamides is 1. The van der Waals surface area contributed by atoms with Crippen LogP contribution in [0.25, 0.3) is 10.2 Å². The van der Waals surface area contributed by atoms with Gasteiger partial charge in [-0.25, -0.2) is 17.8 Å². The third-order valence-corrected chi connectivity index (χ3v) is 8.17. The standard InChI is InChI=1S/C22H24FN3O4S2/c1-32(27,28)26-16-3-4-17(26)14-25(13-16)10-11-29-18-5-7-19(8-6-18)30-22-24-20-9-2-15(23)12-21(20)31-22/h2,5-9,12,16-17H,3-4,10-11,13-14H2,1H3. The lowest BCUT2D eigenvalue weighted by molar-refractivity contribution is 0.113. The number of fused-ring (bicyclic) bond motifs is 3. The van der Waals surface area contributed by atoms with Gasteiger partial charge in [0.25, 0.3) is 5.19 Å². The number of ether oxygens (including phenoxy) is 2. The van der Waals surface area contributed by atoms with Crippen molar-refractivity contribution >= 4 is 31.6 Å². The summed E-state index contributed by atoms with van der Waals surface area (Å²) >= 11 is 1.30. The topological polar surface area (TPSA) is 72.0 Å². The first-order valence-electron chi connectivity index (χ1n) is 10.5. The van der Waals surface area contributed by atoms with Crippen LogP contribution in [0.3, 0.4) is 0 Å². The summed E-state index contributed by atoms with van der Waals surface area (Å²) in [6.07, 6.45) is 3.17. The first-order chi connectivity index (χ1) is 15.3. The molecule has 5 rings (SSSR count). The van der Waals surface area contributed by atoms with Crippen LogP contribution in [0.5, 0.6) is 16.7 Å². The maximum Gasteiger partial charge on any atom is 0.279 e. The second-order valence-electron chi connectivity index (χ2n) is 8.25. The number of nitrogens with zero attached hydrogens (tertiary/aromatic N) is 3. The minimum atomic E-state index is -3.14. The van der Waals surface area contributed by atoms with Gasteiger partial charge in [0.1, 0.15) is 23.9 Å². The molecular weight excluding hydrogens is 453 g/mol. The largest absolute Gasteiger partial charge is 0.492 e. The Kier molecular flexibility index (Phi) is 5.79. The average Bonchev–Trinajstić information content (AvgIpc) is 3.26. The summed E-state index contributed by atoms with van der Waals surface area (Å²) in [7, 11) is -3.14. The van der Waals surface area contributed by atoms with Gasteiger partial charge in [0.05, 0.1) is 16.5 Å². The lowest BCUT2D eigenvalue weighted by atomic mass is 10.2. The Morgan fingerprint density at radius 3 is 2.47 bits per heavy atom. The zero-order valence-corrected chi connectivity index (χ0v) is 19.2. The van der Waals surface area contributed by atoms with Crippen molar-refractivity contribution in [3.8, 4) is 16.7 Å². The van der Waals surface area contributed by atoms with Crippen molar-refractivity contribution in [1.29, 1.82) is 0 Å². The molecule has 2 atom stereocenters. The molecule has 0 amide bonds. The van der Waals surface area contributed by atoms with Gasteiger partial charge in [-0.3, -0.25) is 4.90 Å². The molecule has 2 saturated heterocycles. The summed E-state index contributed by atoms with van der Waals surface area (Å²) < 4.78 is 51.5. The number of halogens is 1. The highest BCUT2D eigenvalue weighted by Crippen LogP contribution is 2.33. The van der Waals surface area contributed by atoms with E-state index in [9.17, 15) is 12.8 Å². The highest BCUT2D eigenvalue weighted by atomic mass is 32.2. The van der Waals surface area contributed by atoms with Crippen LogP contribution in [-0.4, -0.2) is 67.2 Å². The molecule has 0 radical (unpaired) electrons. The minimum absolute atomic E-state index is 0.0826. The summed E-state index contributed by atoms with van der Waals surface area (Å²) in [4.78, 5) is 6.65. The SMILES string of the molecule is CS(=O)(=O)N1C2CCC1CN(CCOc1ccc(Oc3nc4ccc(F)cc4s3)cc1)C2. The molecule has 3 heterocycles. The number of rotatable bonds is 7. The highest BCUT2D eigenvalue weighted by Gasteiger charge is 2.44. The first-order valence-corrected chi connectivity index (χ1v) is 13.2. The van der Waals surface area contributed by atoms with E-state index >= 15 is 0 Å². The van der Waals surface area contributed by atoms with Gasteiger partial charge < -0.3 is 9.47 Å². The van der Waals surface area contributed by atoms with Crippen molar-refractivity contribution in [3.63, 3.8) is 0 Å². The number of benzene rings is 2. The predicted octanol–water partition coefficient (Wildman–Crippen LogP) is 3.71. The van der Waals surface area contributed by atoms with Gasteiger partial charge in [-0.1, -0.05) is 11.3 Å². The normalized spacial score (nSPS) is 21.8. The van der Waals surface area contributed by atoms with Gasteiger partial charge in [-0.05, 0) is 55.3 Å².